The van der Waals surface area contributed by atoms with Crippen LogP contribution in [0.2, 0.25) is 0 Å². The van der Waals surface area contributed by atoms with Crippen molar-refractivity contribution in [2.45, 2.75) is 77.2 Å². The molecule has 0 aliphatic carbocycles. The lowest BCUT2D eigenvalue weighted by atomic mass is 9.97. The lowest BCUT2D eigenvalue weighted by Gasteiger charge is -2.13. The van der Waals surface area contributed by atoms with E-state index in [0.717, 1.165) is 69.3 Å². The fraction of sp³-hybridized carbons (Fsp3) is 0.667. The minimum atomic E-state index is -0.571. The molecule has 2 atom stereocenters. The number of aldehydes is 1. The summed E-state index contributed by atoms with van der Waals surface area (Å²) >= 11 is 0. The van der Waals surface area contributed by atoms with Crippen molar-refractivity contribution in [1.82, 2.24) is 10.9 Å². The zero-order chi connectivity index (χ0) is 24.8. The molecule has 0 aromatic rings. The van der Waals surface area contributed by atoms with Crippen molar-refractivity contribution in [3.05, 3.63) is 12.7 Å². The number of amides is 2. The van der Waals surface area contributed by atoms with Gasteiger partial charge in [-0.3, -0.25) is 41.9 Å². The van der Waals surface area contributed by atoms with Crippen molar-refractivity contribution in [1.29, 1.82) is 0 Å². The van der Waals surface area contributed by atoms with Gasteiger partial charge in [0, 0.05) is 19.3 Å². The van der Waals surface area contributed by atoms with E-state index >= 15 is 0 Å². The van der Waals surface area contributed by atoms with Crippen molar-refractivity contribution >= 4 is 29.8 Å². The Morgan fingerprint density at radius 3 is 1.94 bits per heavy atom. The summed E-state index contributed by atoms with van der Waals surface area (Å²) in [6.07, 6.45) is 11.2. The molecule has 0 fully saturated rings. The van der Waals surface area contributed by atoms with E-state index in [1.807, 2.05) is 13.1 Å². The van der Waals surface area contributed by atoms with Crippen LogP contribution in [0.15, 0.2) is 12.7 Å². The van der Waals surface area contributed by atoms with Crippen LogP contribution in [0.1, 0.15) is 71.1 Å². The van der Waals surface area contributed by atoms with E-state index in [9.17, 15) is 14.4 Å². The van der Waals surface area contributed by atoms with Gasteiger partial charge < -0.3 is 4.79 Å². The highest BCUT2D eigenvalue weighted by Crippen LogP contribution is 2.10. The van der Waals surface area contributed by atoms with Crippen LogP contribution >= 0.6 is 0 Å². The fourth-order valence-electron chi connectivity index (χ4n) is 2.89. The van der Waals surface area contributed by atoms with Crippen molar-refractivity contribution in [3.8, 4) is 0 Å². The number of carbonyl (C=O) groups excluding carboxylic acids is 3. The zero-order valence-electron chi connectivity index (χ0n) is 19.6. The summed E-state index contributed by atoms with van der Waals surface area (Å²) in [4.78, 5) is 37.6. The van der Waals surface area contributed by atoms with Gasteiger partial charge in [0.2, 0.25) is 23.5 Å². The van der Waals surface area contributed by atoms with E-state index < -0.39 is 11.8 Å². The van der Waals surface area contributed by atoms with Gasteiger partial charge in [0.25, 0.3) is 0 Å². The Morgan fingerprint density at radius 2 is 1.50 bits per heavy atom. The van der Waals surface area contributed by atoms with Crippen molar-refractivity contribution in [2.75, 3.05) is 7.05 Å². The number of hydrogen-bond acceptors (Lipinski definition) is 5. The van der Waals surface area contributed by atoms with Crippen LogP contribution in [0.5, 0.6) is 0 Å². The van der Waals surface area contributed by atoms with Gasteiger partial charge in [-0.15, -0.1) is 6.58 Å². The number of carbonyl (C=O) groups is 3. The second kappa shape index (κ2) is 21.4. The third kappa shape index (κ3) is 20.5. The van der Waals surface area contributed by atoms with Crippen molar-refractivity contribution < 1.29 is 24.4 Å². The van der Waals surface area contributed by atoms with Gasteiger partial charge in [-0.05, 0) is 31.6 Å². The highest BCUT2D eigenvalue weighted by Gasteiger charge is 2.14. The van der Waals surface area contributed by atoms with Gasteiger partial charge in [0.15, 0.2) is 0 Å². The van der Waals surface area contributed by atoms with Gasteiger partial charge in [0.05, 0.1) is 7.05 Å². The Bertz CT molecular complexity index is 594. The molecular formula is C21H44N8O3+2. The summed E-state index contributed by atoms with van der Waals surface area (Å²) in [5.41, 5.74) is 15.3. The molecule has 0 aromatic heterocycles. The normalized spacial score (nSPS) is 13.2. The van der Waals surface area contributed by atoms with Gasteiger partial charge in [0.1, 0.15) is 18.7 Å². The predicted octanol–water partition coefficient (Wildman–Crippen LogP) is -3.25. The van der Waals surface area contributed by atoms with E-state index in [4.69, 9.17) is 11.5 Å². The van der Waals surface area contributed by atoms with Crippen LogP contribution in [-0.4, -0.2) is 42.9 Å². The Kier molecular flexibility index (Phi) is 21.0. The quantitative estimate of drug-likeness (QED) is 0.0137. The molecule has 12 N–H and O–H groups in total. The molecule has 0 aliphatic heterocycles. The summed E-state index contributed by atoms with van der Waals surface area (Å²) < 4.78 is 0. The third-order valence-electron chi connectivity index (χ3n) is 4.63. The number of allylic oxidation sites excluding steroid dienone is 1. The number of nitrogens with one attached hydrogen (secondary N) is 4. The molecule has 0 radical (unpaired) electrons. The van der Waals surface area contributed by atoms with Crippen LogP contribution in [0.4, 0.5) is 0 Å². The van der Waals surface area contributed by atoms with Gasteiger partial charge in [-0.2, -0.15) is 0 Å². The van der Waals surface area contributed by atoms with Crippen molar-refractivity contribution in [2.24, 2.45) is 29.1 Å². The number of unbranched alkanes of at least 4 members (excludes halogenated alkanes) is 3. The average molecular weight is 457 g/mol. The third-order valence-corrected chi connectivity index (χ3v) is 4.63. The summed E-state index contributed by atoms with van der Waals surface area (Å²) in [6, 6.07) is 0.132. The first-order valence-electron chi connectivity index (χ1n) is 10.9. The number of rotatable bonds is 16. The molecule has 0 aliphatic rings. The Balaban J connectivity index is 0. The number of nitrogens with two attached hydrogens (primary N) is 4. The molecule has 0 bridgehead atoms. The largest absolute Gasteiger partial charge is 0.303 e. The minimum Gasteiger partial charge on any atom is -0.303 e. The smallest absolute Gasteiger partial charge is 0.243 e. The Labute approximate surface area is 191 Å². The van der Waals surface area contributed by atoms with Crippen LogP contribution in [-0.2, 0) is 14.4 Å². The van der Waals surface area contributed by atoms with Crippen LogP contribution in [0.25, 0.3) is 0 Å². The molecule has 2 amide bonds. The molecular weight excluding hydrogens is 412 g/mol. The van der Waals surface area contributed by atoms with Gasteiger partial charge >= 0.3 is 0 Å². The lowest BCUT2D eigenvalue weighted by Crippen LogP contribution is -2.81. The van der Waals surface area contributed by atoms with E-state index in [-0.39, 0.29) is 12.5 Å². The summed E-state index contributed by atoms with van der Waals surface area (Å²) in [5.74, 6) is 10.3. The van der Waals surface area contributed by atoms with Gasteiger partial charge in [-0.1, -0.05) is 25.8 Å². The Morgan fingerprint density at radius 1 is 0.969 bits per heavy atom. The molecule has 11 heteroatoms. The maximum atomic E-state index is 10.8. The predicted molar refractivity (Wildman–Crippen MR) is 126 cm³/mol. The molecule has 11 nitrogen and oxygen atoms in total. The fourth-order valence-corrected chi connectivity index (χ4v) is 2.89. The lowest BCUT2D eigenvalue weighted by molar-refractivity contribution is -0.506. The molecule has 32 heavy (non-hydrogen) atoms. The maximum absolute atomic E-state index is 10.8. The molecule has 0 heterocycles. The standard InChI is InChI=1S/C18H34N4O.C3H8N4O2/c1-4-9-15(2)14-16(12-13-23)22-18(20)11-8-6-5-7-10-17(19)21-3;4-6-2(8)1-3(9)7-5/h4,13,15-16H,1,5-12,14H2,2-3H3,(H2,19,21)(H2,20,22);1,4-5H2,(H,6,8)(H,7,9)/p+2. The molecule has 2 unspecified atom stereocenters. The first kappa shape index (κ1) is 31.4. The van der Waals surface area contributed by atoms with E-state index in [1.165, 1.54) is 0 Å². The van der Waals surface area contributed by atoms with Crippen LogP contribution in [0, 0.1) is 5.92 Å². The van der Waals surface area contributed by atoms with Gasteiger partial charge in [-0.25, -0.2) is 11.7 Å². The molecule has 184 valence electrons. The highest BCUT2D eigenvalue weighted by atomic mass is 16.2. The topological polar surface area (TPSA) is 207 Å². The maximum Gasteiger partial charge on any atom is 0.243 e. The summed E-state index contributed by atoms with van der Waals surface area (Å²) in [5, 5.41) is 0. The van der Waals surface area contributed by atoms with E-state index in [0.29, 0.717) is 12.3 Å². The molecule has 0 rings (SSSR count). The second-order valence-corrected chi connectivity index (χ2v) is 7.64. The molecule has 0 spiro atoms. The molecule has 0 saturated carbocycles. The summed E-state index contributed by atoms with van der Waals surface area (Å²) in [6.45, 7) is 5.93. The van der Waals surface area contributed by atoms with E-state index in [2.05, 4.69) is 35.2 Å². The second-order valence-electron chi connectivity index (χ2n) is 7.64. The van der Waals surface area contributed by atoms with Crippen LogP contribution in [0.3, 0.4) is 0 Å². The molecule has 0 aromatic carbocycles. The minimum absolute atomic E-state index is 0.132. The first-order chi connectivity index (χ1) is 15.2. The Hall–Kier alpha value is -2.79. The highest BCUT2D eigenvalue weighted by molar-refractivity contribution is 5.96. The first-order valence-corrected chi connectivity index (χ1v) is 10.9. The number of hydrazine groups is 2. The monoisotopic (exact) mass is 456 g/mol. The number of hydrogen-bond donors (Lipinski definition) is 8. The van der Waals surface area contributed by atoms with E-state index in [1.54, 1.807) is 10.9 Å². The zero-order valence-corrected chi connectivity index (χ0v) is 19.6. The average Bonchev–Trinajstić information content (AvgIpc) is 2.76. The SMILES string of the molecule is C=CCC(C)CC(CC=O)[NH+]=C(N)CCCCCCC(N)=[NH+]C.NNC(=O)CC(=O)NN. The van der Waals surface area contributed by atoms with Crippen molar-refractivity contribution in [3.63, 3.8) is 0 Å². The number of amidine groups is 2. The summed E-state index contributed by atoms with van der Waals surface area (Å²) in [7, 11) is 1.85. The molecule has 0 saturated heterocycles. The van der Waals surface area contributed by atoms with Crippen LogP contribution < -0.4 is 44.0 Å².